The molecule has 0 saturated carbocycles. The number of benzene rings is 5. The van der Waals surface area contributed by atoms with Crippen molar-refractivity contribution >= 4 is 92.2 Å². The number of hydrogen-bond donors (Lipinski definition) is 0. The molecule has 7 heterocycles. The van der Waals surface area contributed by atoms with Gasteiger partial charge in [0, 0.05) is 78.6 Å². The minimum absolute atomic E-state index is 0.0810. The molecule has 21 heteroatoms. The van der Waals surface area contributed by atoms with Crippen molar-refractivity contribution in [3.63, 3.8) is 0 Å². The average molecular weight is 1450 g/mol. The molecule has 0 N–H and O–H groups in total. The van der Waals surface area contributed by atoms with Gasteiger partial charge in [-0.2, -0.15) is 0 Å². The first-order chi connectivity index (χ1) is 45.0. The van der Waals surface area contributed by atoms with Crippen LogP contribution in [0.2, 0.25) is 25.1 Å². The second-order valence-corrected chi connectivity index (χ2v) is 25.8. The van der Waals surface area contributed by atoms with Gasteiger partial charge in [0.15, 0.2) is 0 Å². The number of aryl methyl sites for hydroxylation is 14. The Balaban J connectivity index is 0.000000519. The summed E-state index contributed by atoms with van der Waals surface area (Å²) in [5.74, 6) is -1.36. The molecule has 12 aromatic rings. The third-order valence-electron chi connectivity index (χ3n) is 12.6. The maximum absolute atomic E-state index is 12.3. The molecule has 0 aliphatic carbocycles. The first-order valence-electron chi connectivity index (χ1n) is 29.1. The molecule has 0 amide bonds. The lowest BCUT2D eigenvalue weighted by Crippen LogP contribution is -1.85. The summed E-state index contributed by atoms with van der Waals surface area (Å²) in [6, 6.07) is 37.7. The van der Waals surface area contributed by atoms with Crippen LogP contribution in [-0.4, -0.2) is 44.5 Å². The van der Waals surface area contributed by atoms with E-state index in [-0.39, 0.29) is 17.2 Å². The van der Waals surface area contributed by atoms with Crippen LogP contribution in [0, 0.1) is 141 Å². The van der Waals surface area contributed by atoms with Gasteiger partial charge in [-0.1, -0.05) is 135 Å². The lowest BCUT2D eigenvalue weighted by molar-refractivity contribution is 0.568. The fraction of sp³-hybridized carbons (Fsp3) is 0.230. The highest BCUT2D eigenvalue weighted by molar-refractivity contribution is 7.11. The molecule has 0 bridgehead atoms. The van der Waals surface area contributed by atoms with Crippen LogP contribution in [-0.2, 0) is 0 Å². The van der Waals surface area contributed by atoms with Crippen LogP contribution in [0.3, 0.4) is 0 Å². The van der Waals surface area contributed by atoms with Gasteiger partial charge in [0.25, 0.3) is 0 Å². The zero-order valence-electron chi connectivity index (χ0n) is 56.5. The molecule has 95 heavy (non-hydrogen) atoms. The van der Waals surface area contributed by atoms with Crippen molar-refractivity contribution < 1.29 is 17.6 Å². The standard InChI is InChI=1S/C8H10.C7H6Cl2.C7H7Cl.C7H6F2.C7H7F.C6H5Cl2N.C6H6FN.C6H9NS.C6H7N.C5H6N2.C5H7NS.C4H6N2S/c1-7-5-3-4-6-8(7)2;1-5-6(8)3-2-4-7(5)9;1-6-4-2-3-5-7(6)8;1-5-6(8)3-2-4-7(5)9;1-6-4-2-3-5-7(6)8;1-4-5(7)2-9-3-6(4)8;1-5-2-3-8-4-6(5)7;1-4-5(2)8-6(3)7-4;1-6-2-4-7-5-3-6;1-5-2-6-4-7-3-5;1-4-5(2)7-3-6-4;1-3-4(2)7-6-5-3/h3-6H,1-2H3;2-4H,1H3;2-5H,1H3;2-4H,1H3;2-5H,1H3;2-3H,1H3;2-4H,1H3;1-3H3;2-5H,1H3;2-4H,1H3;3H,1-2H3;1-2H3. The van der Waals surface area contributed by atoms with E-state index in [9.17, 15) is 17.6 Å². The number of hydrogen-bond acceptors (Lipinski definition) is 12. The predicted octanol–water partition coefficient (Wildman–Crippen LogP) is 24.0. The van der Waals surface area contributed by atoms with Crippen molar-refractivity contribution in [3.05, 3.63) is 330 Å². The fourth-order valence-electron chi connectivity index (χ4n) is 5.92. The second-order valence-electron chi connectivity index (χ2n) is 20.4. The largest absolute Gasteiger partial charge is 0.265 e. The van der Waals surface area contributed by atoms with Crippen molar-refractivity contribution in [2.45, 2.75) is 118 Å². The van der Waals surface area contributed by atoms with Crippen molar-refractivity contribution in [2.24, 2.45) is 0 Å². The van der Waals surface area contributed by atoms with Crippen LogP contribution >= 0.6 is 92.2 Å². The van der Waals surface area contributed by atoms with Crippen molar-refractivity contribution in [2.75, 3.05) is 0 Å². The van der Waals surface area contributed by atoms with Gasteiger partial charge in [0.05, 0.1) is 43.8 Å². The molecular formula is C74H82Cl5F4N9S3. The summed E-state index contributed by atoms with van der Waals surface area (Å²) in [4.78, 5) is 30.9. The van der Waals surface area contributed by atoms with Crippen LogP contribution in [0.5, 0.6) is 0 Å². The summed E-state index contributed by atoms with van der Waals surface area (Å²) in [5.41, 5.74) is 14.7. The molecule has 12 rings (SSSR count). The van der Waals surface area contributed by atoms with E-state index < -0.39 is 11.6 Å². The Bertz CT molecular complexity index is 3480. The Morgan fingerprint density at radius 3 is 1.06 bits per heavy atom. The summed E-state index contributed by atoms with van der Waals surface area (Å²) in [7, 11) is 0. The molecule has 0 radical (unpaired) electrons. The van der Waals surface area contributed by atoms with Gasteiger partial charge in [0.1, 0.15) is 29.6 Å². The SMILES string of the molecule is Cc1c(Cl)cccc1Cl.Cc1c(Cl)cncc1Cl.Cc1c(F)cccc1F.Cc1ccccc1C.Cc1ccccc1Cl.Cc1ccccc1F.Cc1ccncc1.Cc1ccncc1F.Cc1cncnc1.Cc1nc(C)c(C)s1.Cc1ncsc1C.Cc1nnsc1C. The maximum Gasteiger partial charge on any atom is 0.144 e. The van der Waals surface area contributed by atoms with Crippen molar-refractivity contribution in [1.29, 1.82) is 0 Å². The van der Waals surface area contributed by atoms with Crippen LogP contribution in [0.15, 0.2) is 189 Å². The molecule has 0 saturated heterocycles. The van der Waals surface area contributed by atoms with Crippen LogP contribution < -0.4 is 0 Å². The van der Waals surface area contributed by atoms with E-state index in [0.717, 1.165) is 48.7 Å². The first-order valence-corrected chi connectivity index (χ1v) is 33.5. The van der Waals surface area contributed by atoms with Gasteiger partial charge in [-0.3, -0.25) is 15.0 Å². The highest BCUT2D eigenvalue weighted by atomic mass is 35.5. The smallest absolute Gasteiger partial charge is 0.144 e. The van der Waals surface area contributed by atoms with Gasteiger partial charge < -0.3 is 0 Å². The van der Waals surface area contributed by atoms with Gasteiger partial charge in [-0.05, 0) is 234 Å². The van der Waals surface area contributed by atoms with Crippen LogP contribution in [0.4, 0.5) is 17.6 Å². The minimum Gasteiger partial charge on any atom is -0.265 e. The lowest BCUT2D eigenvalue weighted by Gasteiger charge is -1.96. The zero-order chi connectivity index (χ0) is 71.4. The second kappa shape index (κ2) is 49.2. The summed E-state index contributed by atoms with van der Waals surface area (Å²) >= 11 is 33.4. The zero-order valence-corrected chi connectivity index (χ0v) is 62.8. The number of rotatable bonds is 0. The van der Waals surface area contributed by atoms with E-state index >= 15 is 0 Å². The topological polar surface area (TPSA) is 116 Å². The highest BCUT2D eigenvalue weighted by Crippen LogP contribution is 2.23. The minimum atomic E-state index is -0.491. The summed E-state index contributed by atoms with van der Waals surface area (Å²) < 4.78 is 53.0. The first kappa shape index (κ1) is 85.6. The number of thiazole rings is 2. The molecule has 0 aliphatic rings. The van der Waals surface area contributed by atoms with E-state index in [1.807, 2.05) is 135 Å². The van der Waals surface area contributed by atoms with Gasteiger partial charge in [-0.25, -0.2) is 37.5 Å². The lowest BCUT2D eigenvalue weighted by atomic mass is 10.1. The molecule has 0 spiro atoms. The molecule has 7 aromatic heterocycles. The van der Waals surface area contributed by atoms with E-state index in [1.54, 1.807) is 98.1 Å². The third-order valence-corrected chi connectivity index (χ3v) is 17.2. The van der Waals surface area contributed by atoms with E-state index in [0.29, 0.717) is 21.2 Å². The monoisotopic (exact) mass is 1440 g/mol. The Hall–Kier alpha value is -7.38. The average Bonchev–Trinajstić information content (AvgIpc) is 2.82. The van der Waals surface area contributed by atoms with Crippen LogP contribution in [0.1, 0.15) is 92.4 Å². The Morgan fingerprint density at radius 1 is 0.337 bits per heavy atom. The molecule has 0 atom stereocenters. The van der Waals surface area contributed by atoms with Crippen molar-refractivity contribution in [1.82, 2.24) is 44.5 Å². The Morgan fingerprint density at radius 2 is 0.800 bits per heavy atom. The molecule has 5 aromatic carbocycles. The van der Waals surface area contributed by atoms with Gasteiger partial charge in [-0.15, -0.1) is 27.8 Å². The molecule has 504 valence electrons. The Kier molecular flexibility index (Phi) is 44.3. The maximum atomic E-state index is 12.3. The summed E-state index contributed by atoms with van der Waals surface area (Å²) in [5, 5.41) is 8.47. The van der Waals surface area contributed by atoms with Gasteiger partial charge >= 0.3 is 0 Å². The molecule has 0 unspecified atom stereocenters. The summed E-state index contributed by atoms with van der Waals surface area (Å²) in [6.45, 7) is 33.1. The van der Waals surface area contributed by atoms with Crippen LogP contribution in [0.25, 0.3) is 0 Å². The molecule has 0 fully saturated rings. The summed E-state index contributed by atoms with van der Waals surface area (Å²) in [6.07, 6.45) is 14.6. The molecule has 0 aliphatic heterocycles. The van der Waals surface area contributed by atoms with E-state index in [2.05, 4.69) is 96.4 Å². The predicted molar refractivity (Wildman–Crippen MR) is 397 cm³/mol. The fourth-order valence-corrected chi connectivity index (χ4v) is 8.69. The normalized spacial score (nSPS) is 9.37. The quantitative estimate of drug-likeness (QED) is 0.137. The highest BCUT2D eigenvalue weighted by Gasteiger charge is 2.01. The molecule has 9 nitrogen and oxygen atoms in total. The number of halogens is 9. The van der Waals surface area contributed by atoms with Gasteiger partial charge in [0.2, 0.25) is 0 Å². The Labute approximate surface area is 597 Å². The number of pyridine rings is 3. The van der Waals surface area contributed by atoms with E-state index in [4.69, 9.17) is 58.0 Å². The number of nitrogens with zero attached hydrogens (tertiary/aromatic N) is 9. The van der Waals surface area contributed by atoms with E-state index in [1.165, 1.54) is 97.3 Å². The molecular weight excluding hydrogens is 1360 g/mol. The van der Waals surface area contributed by atoms with Crippen molar-refractivity contribution in [3.8, 4) is 0 Å². The third kappa shape index (κ3) is 38.7. The number of aromatic nitrogens is 9.